The first kappa shape index (κ1) is 26.7. The van der Waals surface area contributed by atoms with E-state index in [0.717, 1.165) is 47.2 Å². The molecule has 0 radical (unpaired) electrons. The van der Waals surface area contributed by atoms with E-state index >= 15 is 0 Å². The highest BCUT2D eigenvalue weighted by Gasteiger charge is 2.24. The Morgan fingerprint density at radius 1 is 1.05 bits per heavy atom. The van der Waals surface area contributed by atoms with Crippen molar-refractivity contribution in [3.63, 3.8) is 0 Å². The fourth-order valence-electron chi connectivity index (χ4n) is 5.68. The summed E-state index contributed by atoms with van der Waals surface area (Å²) in [6, 6.07) is 20.4. The predicted molar refractivity (Wildman–Crippen MR) is 162 cm³/mol. The first-order valence-corrected chi connectivity index (χ1v) is 14.4. The molecule has 206 valence electrons. The van der Waals surface area contributed by atoms with E-state index in [4.69, 9.17) is 11.6 Å². The van der Waals surface area contributed by atoms with Crippen LogP contribution in [0.2, 0.25) is 5.02 Å². The molecule has 5 aromatic rings. The molecule has 3 aromatic heterocycles. The molecule has 2 atom stereocenters. The number of halogens is 1. The minimum atomic E-state index is -0.302. The SMILES string of the molecule is CC[C@@H](Nc1c(C#N)cnc2c(Cl)cc(N[C@@H](c3cccnc3)c3cn(C4CCCC4)nn3)cc12)c1ccccc1. The van der Waals surface area contributed by atoms with E-state index in [0.29, 0.717) is 27.8 Å². The second-order valence-electron chi connectivity index (χ2n) is 10.5. The maximum Gasteiger partial charge on any atom is 0.110 e. The van der Waals surface area contributed by atoms with Crippen LogP contribution in [-0.4, -0.2) is 25.0 Å². The molecule has 0 saturated heterocycles. The van der Waals surface area contributed by atoms with Gasteiger partial charge in [0.1, 0.15) is 11.8 Å². The van der Waals surface area contributed by atoms with Crippen LogP contribution in [0.4, 0.5) is 11.4 Å². The summed E-state index contributed by atoms with van der Waals surface area (Å²) in [6.07, 6.45) is 12.7. The molecule has 2 N–H and O–H groups in total. The molecule has 0 unspecified atom stereocenters. The Morgan fingerprint density at radius 2 is 1.85 bits per heavy atom. The van der Waals surface area contributed by atoms with Crippen LogP contribution >= 0.6 is 11.6 Å². The molecule has 0 bridgehead atoms. The van der Waals surface area contributed by atoms with Crippen molar-refractivity contribution in [3.8, 4) is 6.07 Å². The summed E-state index contributed by atoms with van der Waals surface area (Å²) < 4.78 is 2.00. The number of nitrogens with one attached hydrogen (secondary N) is 2. The van der Waals surface area contributed by atoms with Crippen molar-refractivity contribution < 1.29 is 0 Å². The molecule has 1 aliphatic carbocycles. The number of fused-ring (bicyclic) bond motifs is 1. The number of nitriles is 1. The van der Waals surface area contributed by atoms with Gasteiger partial charge in [-0.1, -0.05) is 73.0 Å². The second kappa shape index (κ2) is 11.9. The van der Waals surface area contributed by atoms with Crippen LogP contribution in [0.1, 0.15) is 79.5 Å². The molecule has 1 aliphatic rings. The number of nitrogens with zero attached hydrogens (tertiary/aromatic N) is 6. The number of aromatic nitrogens is 5. The van der Waals surface area contributed by atoms with Gasteiger partial charge in [-0.25, -0.2) is 4.68 Å². The zero-order valence-electron chi connectivity index (χ0n) is 22.8. The standard InChI is InChI=1S/C32H31ClN8/c1-2-28(21-9-4-3-5-10-21)38-30-23(17-34)19-36-32-26(30)15-24(16-27(32)33)37-31(22-11-8-14-35-18-22)29-20-41(40-39-29)25-12-6-7-13-25/h3-5,8-11,14-16,18-20,25,28,31,37H,2,6-7,12-13H2,1H3,(H,36,38)/t28-,31+/m1/s1. The van der Waals surface area contributed by atoms with E-state index in [1.54, 1.807) is 12.4 Å². The monoisotopic (exact) mass is 562 g/mol. The van der Waals surface area contributed by atoms with Crippen LogP contribution < -0.4 is 10.6 Å². The Hall–Kier alpha value is -4.48. The number of benzene rings is 2. The second-order valence-corrected chi connectivity index (χ2v) is 10.9. The van der Waals surface area contributed by atoms with Gasteiger partial charge in [-0.05, 0) is 48.6 Å². The molecule has 9 heteroatoms. The third-order valence-electron chi connectivity index (χ3n) is 7.83. The van der Waals surface area contributed by atoms with Gasteiger partial charge in [-0.3, -0.25) is 9.97 Å². The minimum Gasteiger partial charge on any atom is -0.377 e. The van der Waals surface area contributed by atoms with Crippen molar-refractivity contribution in [2.75, 3.05) is 10.6 Å². The van der Waals surface area contributed by atoms with E-state index in [-0.39, 0.29) is 12.1 Å². The molecular formula is C32H31ClN8. The zero-order chi connectivity index (χ0) is 28.2. The summed E-state index contributed by atoms with van der Waals surface area (Å²) in [5, 5.41) is 27.6. The van der Waals surface area contributed by atoms with Gasteiger partial charge in [-0.15, -0.1) is 5.10 Å². The topological polar surface area (TPSA) is 104 Å². The molecule has 3 heterocycles. The van der Waals surface area contributed by atoms with Crippen molar-refractivity contribution in [1.82, 2.24) is 25.0 Å². The van der Waals surface area contributed by atoms with E-state index < -0.39 is 0 Å². The fourth-order valence-corrected chi connectivity index (χ4v) is 5.94. The summed E-state index contributed by atoms with van der Waals surface area (Å²) in [5.74, 6) is 0. The molecule has 41 heavy (non-hydrogen) atoms. The van der Waals surface area contributed by atoms with Gasteiger partial charge in [0, 0.05) is 29.7 Å². The first-order valence-electron chi connectivity index (χ1n) is 14.1. The lowest BCUT2D eigenvalue weighted by molar-refractivity contribution is 0.454. The van der Waals surface area contributed by atoms with E-state index in [2.05, 4.69) is 56.0 Å². The molecule has 2 aromatic carbocycles. The number of anilines is 2. The van der Waals surface area contributed by atoms with Gasteiger partial charge in [0.05, 0.1) is 46.1 Å². The Bertz CT molecular complexity index is 1670. The first-order chi connectivity index (χ1) is 20.1. The summed E-state index contributed by atoms with van der Waals surface area (Å²) in [7, 11) is 0. The molecule has 0 aliphatic heterocycles. The van der Waals surface area contributed by atoms with Crippen molar-refractivity contribution in [2.45, 2.75) is 57.2 Å². The van der Waals surface area contributed by atoms with Crippen LogP contribution in [0.15, 0.2) is 79.4 Å². The summed E-state index contributed by atoms with van der Waals surface area (Å²) in [5.41, 5.74) is 5.49. The van der Waals surface area contributed by atoms with E-state index in [1.165, 1.54) is 12.8 Å². The number of hydrogen-bond acceptors (Lipinski definition) is 7. The van der Waals surface area contributed by atoms with Gasteiger partial charge < -0.3 is 10.6 Å². The van der Waals surface area contributed by atoms with Crippen LogP contribution in [0.3, 0.4) is 0 Å². The summed E-state index contributed by atoms with van der Waals surface area (Å²) in [6.45, 7) is 2.12. The van der Waals surface area contributed by atoms with Gasteiger partial charge in [0.25, 0.3) is 0 Å². The Kier molecular flexibility index (Phi) is 7.79. The van der Waals surface area contributed by atoms with Crippen molar-refractivity contribution in [1.29, 1.82) is 5.26 Å². The number of pyridine rings is 2. The van der Waals surface area contributed by atoms with Crippen LogP contribution in [0, 0.1) is 11.3 Å². The predicted octanol–water partition coefficient (Wildman–Crippen LogP) is 7.63. The van der Waals surface area contributed by atoms with E-state index in [9.17, 15) is 5.26 Å². The molecule has 1 saturated carbocycles. The largest absolute Gasteiger partial charge is 0.377 e. The molecule has 6 rings (SSSR count). The van der Waals surface area contributed by atoms with Crippen LogP contribution in [0.25, 0.3) is 10.9 Å². The van der Waals surface area contributed by atoms with E-state index in [1.807, 2.05) is 59.5 Å². The van der Waals surface area contributed by atoms with Crippen LogP contribution in [-0.2, 0) is 0 Å². The summed E-state index contributed by atoms with van der Waals surface area (Å²) >= 11 is 6.83. The molecule has 8 nitrogen and oxygen atoms in total. The third kappa shape index (κ3) is 5.59. The minimum absolute atomic E-state index is 0.0121. The summed E-state index contributed by atoms with van der Waals surface area (Å²) in [4.78, 5) is 8.90. The smallest absolute Gasteiger partial charge is 0.110 e. The molecule has 1 fully saturated rings. The molecular weight excluding hydrogens is 532 g/mol. The maximum atomic E-state index is 10.0. The average Bonchev–Trinajstić information content (AvgIpc) is 3.72. The fraction of sp³-hybridized carbons (Fsp3) is 0.281. The lowest BCUT2D eigenvalue weighted by Gasteiger charge is -2.22. The Balaban J connectivity index is 1.41. The molecule has 0 spiro atoms. The quantitative estimate of drug-likeness (QED) is 0.190. The van der Waals surface area contributed by atoms with Crippen molar-refractivity contribution in [2.24, 2.45) is 0 Å². The lowest BCUT2D eigenvalue weighted by Crippen LogP contribution is -2.14. The third-order valence-corrected chi connectivity index (χ3v) is 8.11. The van der Waals surface area contributed by atoms with Crippen molar-refractivity contribution in [3.05, 3.63) is 107 Å². The van der Waals surface area contributed by atoms with Gasteiger partial charge in [-0.2, -0.15) is 5.26 Å². The number of rotatable bonds is 9. The Morgan fingerprint density at radius 3 is 2.59 bits per heavy atom. The van der Waals surface area contributed by atoms with Gasteiger partial charge in [0.2, 0.25) is 0 Å². The van der Waals surface area contributed by atoms with Crippen molar-refractivity contribution >= 4 is 33.9 Å². The van der Waals surface area contributed by atoms with Gasteiger partial charge >= 0.3 is 0 Å². The average molecular weight is 563 g/mol. The van der Waals surface area contributed by atoms with Gasteiger partial charge in [0.15, 0.2) is 0 Å². The number of hydrogen-bond donors (Lipinski definition) is 2. The lowest BCUT2D eigenvalue weighted by atomic mass is 10.0. The highest BCUT2D eigenvalue weighted by molar-refractivity contribution is 6.35. The highest BCUT2D eigenvalue weighted by Crippen LogP contribution is 2.37. The zero-order valence-corrected chi connectivity index (χ0v) is 23.6. The highest BCUT2D eigenvalue weighted by atomic mass is 35.5. The Labute approximate surface area is 244 Å². The van der Waals surface area contributed by atoms with Crippen LogP contribution in [0.5, 0.6) is 0 Å². The maximum absolute atomic E-state index is 10.0. The molecule has 0 amide bonds. The normalized spacial score (nSPS) is 15.0.